The molecule has 86 valence electrons. The smallest absolute Gasteiger partial charge is 0.0713 e. The third kappa shape index (κ3) is 4.45. The summed E-state index contributed by atoms with van der Waals surface area (Å²) in [5, 5.41) is 0.674. The highest BCUT2D eigenvalue weighted by molar-refractivity contribution is 6.35. The van der Waals surface area contributed by atoms with Crippen LogP contribution in [0.4, 0.5) is 0 Å². The van der Waals surface area contributed by atoms with Gasteiger partial charge in [0.25, 0.3) is 0 Å². The molecule has 1 aromatic rings. The number of aliphatic imine (C=N–C) groups is 1. The number of allylic oxidation sites excluding steroid dienone is 2. The van der Waals surface area contributed by atoms with E-state index < -0.39 is 0 Å². The molecule has 0 aliphatic rings. The highest BCUT2D eigenvalue weighted by Crippen LogP contribution is 2.17. The Kier molecular flexibility index (Phi) is 7.23. The molecule has 0 spiro atoms. The third-order valence-corrected chi connectivity index (χ3v) is 1.98. The van der Waals surface area contributed by atoms with Crippen molar-refractivity contribution in [3.8, 4) is 0 Å². The topological polar surface area (TPSA) is 12.4 Å². The molecule has 1 nitrogen and oxygen atoms in total. The summed E-state index contributed by atoms with van der Waals surface area (Å²) < 4.78 is 0. The van der Waals surface area contributed by atoms with E-state index in [0.29, 0.717) is 5.02 Å². The van der Waals surface area contributed by atoms with Crippen molar-refractivity contribution in [1.82, 2.24) is 0 Å². The van der Waals surface area contributed by atoms with E-state index >= 15 is 0 Å². The van der Waals surface area contributed by atoms with Crippen molar-refractivity contribution >= 4 is 17.3 Å². The molecule has 0 saturated carbocycles. The normalized spacial score (nSPS) is 10.1. The number of hydrogen-bond donors (Lipinski definition) is 0. The Morgan fingerprint density at radius 3 is 2.31 bits per heavy atom. The molecule has 1 aromatic carbocycles. The van der Waals surface area contributed by atoms with Gasteiger partial charge in [0, 0.05) is 16.3 Å². The second-order valence-corrected chi connectivity index (χ2v) is 3.32. The van der Waals surface area contributed by atoms with Crippen molar-refractivity contribution in [2.75, 3.05) is 0 Å². The first-order valence-electron chi connectivity index (χ1n) is 5.26. The van der Waals surface area contributed by atoms with E-state index in [0.717, 1.165) is 17.0 Å². The predicted molar refractivity (Wildman–Crippen MR) is 74.3 cm³/mol. The second-order valence-electron chi connectivity index (χ2n) is 2.92. The van der Waals surface area contributed by atoms with Gasteiger partial charge in [-0.2, -0.15) is 0 Å². The van der Waals surface area contributed by atoms with Gasteiger partial charge in [-0.15, -0.1) is 0 Å². The van der Waals surface area contributed by atoms with Gasteiger partial charge in [-0.25, -0.2) is 0 Å². The fourth-order valence-corrected chi connectivity index (χ4v) is 1.32. The van der Waals surface area contributed by atoms with Crippen LogP contribution in [0.3, 0.4) is 0 Å². The van der Waals surface area contributed by atoms with Crippen LogP contribution < -0.4 is 0 Å². The summed E-state index contributed by atoms with van der Waals surface area (Å²) in [7, 11) is 0. The van der Waals surface area contributed by atoms with Crippen LogP contribution in [0.1, 0.15) is 26.3 Å². The number of nitrogens with zero attached hydrogens (tertiary/aromatic N) is 1. The molecule has 0 saturated heterocycles. The molecule has 0 aromatic heterocycles. The Balaban J connectivity index is 0.00000106. The summed E-state index contributed by atoms with van der Waals surface area (Å²) in [6.45, 7) is 13.3. The Morgan fingerprint density at radius 1 is 1.31 bits per heavy atom. The van der Waals surface area contributed by atoms with Crippen molar-refractivity contribution in [2.45, 2.75) is 20.8 Å². The van der Waals surface area contributed by atoms with Gasteiger partial charge >= 0.3 is 0 Å². The van der Waals surface area contributed by atoms with Crippen LogP contribution in [0.2, 0.25) is 5.02 Å². The predicted octanol–water partition coefficient (Wildman–Crippen LogP) is 4.87. The van der Waals surface area contributed by atoms with Crippen molar-refractivity contribution in [3.63, 3.8) is 0 Å². The van der Waals surface area contributed by atoms with E-state index in [4.69, 9.17) is 11.6 Å². The summed E-state index contributed by atoms with van der Waals surface area (Å²) in [6, 6.07) is 7.53. The Hall–Kier alpha value is -1.34. The number of halogens is 1. The largest absolute Gasteiger partial charge is 0.254 e. The van der Waals surface area contributed by atoms with Gasteiger partial charge in [0.1, 0.15) is 0 Å². The van der Waals surface area contributed by atoms with Crippen LogP contribution in [-0.4, -0.2) is 5.71 Å². The van der Waals surface area contributed by atoms with Crippen LogP contribution >= 0.6 is 11.6 Å². The summed E-state index contributed by atoms with van der Waals surface area (Å²) in [5.74, 6) is 0. The summed E-state index contributed by atoms with van der Waals surface area (Å²) in [4.78, 5) is 4.25. The van der Waals surface area contributed by atoms with Gasteiger partial charge in [-0.1, -0.05) is 56.8 Å². The molecule has 0 N–H and O–H groups in total. The lowest BCUT2D eigenvalue weighted by Gasteiger charge is -2.03. The highest BCUT2D eigenvalue weighted by atomic mass is 35.5. The molecule has 0 fully saturated rings. The van der Waals surface area contributed by atoms with Crippen LogP contribution in [0.15, 0.2) is 54.2 Å². The molecule has 0 aliphatic heterocycles. The Bertz CT molecular complexity index is 391. The standard InChI is InChI=1S/C12H12ClN.C2H6/c1-4-12(14-9(2)3)10-7-5-6-8-11(10)13;1-2/h4-8H,1-2H2,3H3;1-2H3. The molecule has 0 aliphatic carbocycles. The van der Waals surface area contributed by atoms with Crippen LogP contribution in [0, 0.1) is 0 Å². The maximum atomic E-state index is 6.02. The molecule has 0 amide bonds. The quantitative estimate of drug-likeness (QED) is 0.663. The van der Waals surface area contributed by atoms with Gasteiger partial charge in [0.15, 0.2) is 0 Å². The molecule has 0 atom stereocenters. The lowest BCUT2D eigenvalue weighted by Crippen LogP contribution is -1.97. The average molecular weight is 236 g/mol. The molecule has 0 unspecified atom stereocenters. The first-order chi connectivity index (χ1) is 7.65. The third-order valence-electron chi connectivity index (χ3n) is 1.65. The van der Waals surface area contributed by atoms with E-state index in [2.05, 4.69) is 18.2 Å². The van der Waals surface area contributed by atoms with Gasteiger partial charge in [0.2, 0.25) is 0 Å². The Labute approximate surface area is 103 Å². The SMILES string of the molecule is C=CC(=NC(=C)C)c1ccccc1Cl.CC. The molecule has 0 radical (unpaired) electrons. The fourth-order valence-electron chi connectivity index (χ4n) is 1.09. The van der Waals surface area contributed by atoms with Gasteiger partial charge in [-0.05, 0) is 19.1 Å². The molecule has 2 heteroatoms. The zero-order chi connectivity index (χ0) is 12.6. The van der Waals surface area contributed by atoms with Crippen molar-refractivity contribution in [2.24, 2.45) is 4.99 Å². The lowest BCUT2D eigenvalue weighted by atomic mass is 10.1. The van der Waals surface area contributed by atoms with E-state index in [1.54, 1.807) is 6.08 Å². The molecular formula is C14H18ClN. The minimum absolute atomic E-state index is 0.674. The molecule has 0 bridgehead atoms. The van der Waals surface area contributed by atoms with Gasteiger partial charge in [-0.3, -0.25) is 4.99 Å². The molecule has 16 heavy (non-hydrogen) atoms. The number of rotatable bonds is 3. The first-order valence-corrected chi connectivity index (χ1v) is 5.64. The minimum atomic E-state index is 0.674. The summed E-state index contributed by atoms with van der Waals surface area (Å²) in [5.41, 5.74) is 2.37. The van der Waals surface area contributed by atoms with Gasteiger partial charge < -0.3 is 0 Å². The monoisotopic (exact) mass is 235 g/mol. The number of benzene rings is 1. The number of hydrogen-bond acceptors (Lipinski definition) is 1. The molecular weight excluding hydrogens is 218 g/mol. The van der Waals surface area contributed by atoms with Crippen LogP contribution in [-0.2, 0) is 0 Å². The summed E-state index contributed by atoms with van der Waals surface area (Å²) >= 11 is 6.02. The maximum absolute atomic E-state index is 6.02. The fraction of sp³-hybridized carbons (Fsp3) is 0.214. The van der Waals surface area contributed by atoms with Crippen molar-refractivity contribution in [1.29, 1.82) is 0 Å². The molecule has 1 rings (SSSR count). The lowest BCUT2D eigenvalue weighted by molar-refractivity contribution is 1.32. The van der Waals surface area contributed by atoms with Crippen molar-refractivity contribution < 1.29 is 0 Å². The van der Waals surface area contributed by atoms with Gasteiger partial charge in [0.05, 0.1) is 5.71 Å². The minimum Gasteiger partial charge on any atom is -0.254 e. The van der Waals surface area contributed by atoms with Crippen LogP contribution in [0.25, 0.3) is 0 Å². The highest BCUT2D eigenvalue weighted by Gasteiger charge is 2.03. The van der Waals surface area contributed by atoms with Crippen LogP contribution in [0.5, 0.6) is 0 Å². The van der Waals surface area contributed by atoms with E-state index in [-0.39, 0.29) is 0 Å². The second kappa shape index (κ2) is 7.89. The van der Waals surface area contributed by atoms with E-state index in [1.807, 2.05) is 45.0 Å². The average Bonchev–Trinajstić information content (AvgIpc) is 2.29. The first kappa shape index (κ1) is 14.7. The van der Waals surface area contributed by atoms with E-state index in [1.165, 1.54) is 0 Å². The summed E-state index contributed by atoms with van der Waals surface area (Å²) in [6.07, 6.45) is 1.68. The Morgan fingerprint density at radius 2 is 1.88 bits per heavy atom. The zero-order valence-electron chi connectivity index (χ0n) is 10.1. The zero-order valence-corrected chi connectivity index (χ0v) is 10.9. The van der Waals surface area contributed by atoms with E-state index in [9.17, 15) is 0 Å². The maximum Gasteiger partial charge on any atom is 0.0713 e. The van der Waals surface area contributed by atoms with Crippen molar-refractivity contribution in [3.05, 3.63) is 59.8 Å². The molecule has 0 heterocycles.